The molecule has 0 amide bonds. The van der Waals surface area contributed by atoms with Crippen LogP contribution in [0.1, 0.15) is 55.5 Å². The number of hydrogen-bond donors (Lipinski definition) is 1. The molecule has 1 aliphatic rings. The summed E-state index contributed by atoms with van der Waals surface area (Å²) in [5.74, 6) is -1.10. The molecular formula is C33H33F3N2O3S. The summed E-state index contributed by atoms with van der Waals surface area (Å²) in [5.41, 5.74) is 1.64. The summed E-state index contributed by atoms with van der Waals surface area (Å²) >= 11 is 1.26. The maximum Gasteiger partial charge on any atom is 0.416 e. The Bertz CT molecular complexity index is 1690. The Labute approximate surface area is 247 Å². The van der Waals surface area contributed by atoms with Crippen molar-refractivity contribution in [3.05, 3.63) is 99.3 Å². The largest absolute Gasteiger partial charge is 0.480 e. The highest BCUT2D eigenvalue weighted by atomic mass is 32.2. The molecule has 0 bridgehead atoms. The van der Waals surface area contributed by atoms with Crippen LogP contribution in [0.15, 0.2) is 76.6 Å². The number of aromatic nitrogens is 1. The van der Waals surface area contributed by atoms with Crippen LogP contribution in [0.4, 0.5) is 13.2 Å². The lowest BCUT2D eigenvalue weighted by Crippen LogP contribution is -2.43. The molecular weight excluding hydrogens is 561 g/mol. The third kappa shape index (κ3) is 5.85. The maximum absolute atomic E-state index is 14.3. The molecule has 2 heterocycles. The minimum Gasteiger partial charge on any atom is -0.480 e. The Morgan fingerprint density at radius 3 is 2.45 bits per heavy atom. The van der Waals surface area contributed by atoms with Gasteiger partial charge in [0.05, 0.1) is 5.56 Å². The number of pyridine rings is 1. The number of carboxylic acids is 1. The molecule has 4 aromatic rings. The lowest BCUT2D eigenvalue weighted by Gasteiger charge is -2.35. The maximum atomic E-state index is 14.3. The fourth-order valence-electron chi connectivity index (χ4n) is 5.75. The summed E-state index contributed by atoms with van der Waals surface area (Å²) in [6.07, 6.45) is -3.15. The minimum absolute atomic E-state index is 0.0492. The number of benzene rings is 3. The fourth-order valence-corrected chi connectivity index (χ4v) is 7.11. The van der Waals surface area contributed by atoms with Gasteiger partial charge in [-0.2, -0.15) is 13.2 Å². The zero-order valence-electron chi connectivity index (χ0n) is 23.7. The van der Waals surface area contributed by atoms with E-state index < -0.39 is 23.8 Å². The molecule has 0 radical (unpaired) electrons. The number of alkyl halides is 3. The van der Waals surface area contributed by atoms with E-state index >= 15 is 0 Å². The van der Waals surface area contributed by atoms with Crippen LogP contribution in [0, 0.1) is 5.92 Å². The summed E-state index contributed by atoms with van der Waals surface area (Å²) in [7, 11) is 0. The van der Waals surface area contributed by atoms with Gasteiger partial charge in [-0.15, -0.1) is 0 Å². The van der Waals surface area contributed by atoms with Crippen molar-refractivity contribution in [3.8, 4) is 11.1 Å². The number of aliphatic carboxylic acids is 1. The van der Waals surface area contributed by atoms with Crippen molar-refractivity contribution in [2.24, 2.45) is 5.92 Å². The minimum atomic E-state index is -4.57. The van der Waals surface area contributed by atoms with Crippen molar-refractivity contribution in [1.29, 1.82) is 0 Å². The van der Waals surface area contributed by atoms with Crippen LogP contribution in [0.2, 0.25) is 0 Å². The van der Waals surface area contributed by atoms with E-state index in [0.29, 0.717) is 46.7 Å². The highest BCUT2D eigenvalue weighted by molar-refractivity contribution is 7.97. The second-order valence-corrected chi connectivity index (χ2v) is 12.2. The molecule has 42 heavy (non-hydrogen) atoms. The first-order valence-corrected chi connectivity index (χ1v) is 14.9. The van der Waals surface area contributed by atoms with E-state index in [0.717, 1.165) is 34.9 Å². The molecule has 0 saturated carbocycles. The van der Waals surface area contributed by atoms with E-state index in [2.05, 4.69) is 0 Å². The van der Waals surface area contributed by atoms with Gasteiger partial charge in [0.1, 0.15) is 11.1 Å². The van der Waals surface area contributed by atoms with Crippen LogP contribution in [-0.2, 0) is 23.8 Å². The number of fused-ring (bicyclic) bond motifs is 2. The van der Waals surface area contributed by atoms with Crippen molar-refractivity contribution in [2.45, 2.75) is 57.3 Å². The van der Waals surface area contributed by atoms with E-state index in [1.54, 1.807) is 6.07 Å². The molecule has 0 fully saturated rings. The predicted molar refractivity (Wildman–Crippen MR) is 161 cm³/mol. The molecule has 1 aromatic heterocycles. The molecule has 5 rings (SSSR count). The third-order valence-corrected chi connectivity index (χ3v) is 8.74. The molecule has 0 spiro atoms. The average Bonchev–Trinajstić information content (AvgIpc) is 2.94. The molecule has 9 heteroatoms. The van der Waals surface area contributed by atoms with Crippen molar-refractivity contribution in [3.63, 3.8) is 0 Å². The number of hydrogen-bond acceptors (Lipinski definition) is 4. The molecule has 3 aromatic carbocycles. The Balaban J connectivity index is 1.89. The summed E-state index contributed by atoms with van der Waals surface area (Å²) in [6.45, 7) is 6.61. The van der Waals surface area contributed by atoms with Gasteiger partial charge in [0.25, 0.3) is 5.56 Å². The number of carbonyl (C=O) groups is 1. The normalized spacial score (nSPS) is 15.7. The lowest BCUT2D eigenvalue weighted by atomic mass is 9.87. The first-order chi connectivity index (χ1) is 20.0. The number of halogens is 3. The zero-order valence-corrected chi connectivity index (χ0v) is 24.6. The zero-order chi connectivity index (χ0) is 30.2. The van der Waals surface area contributed by atoms with Crippen LogP contribution >= 0.6 is 11.9 Å². The second kappa shape index (κ2) is 12.0. The lowest BCUT2D eigenvalue weighted by molar-refractivity contribution is -0.141. The SMILES string of the molecule is CCCN1CC(C(=O)O)n2c(c(-c3cccc(C(F)(F)F)c3)c(Cc3cccc4ccccc34)c(CC(C)C)c2=O)S1. The second-order valence-electron chi connectivity index (χ2n) is 11.1. The van der Waals surface area contributed by atoms with E-state index in [1.807, 2.05) is 67.5 Å². The van der Waals surface area contributed by atoms with Gasteiger partial charge in [-0.05, 0) is 76.7 Å². The average molecular weight is 595 g/mol. The highest BCUT2D eigenvalue weighted by Gasteiger charge is 2.37. The summed E-state index contributed by atoms with van der Waals surface area (Å²) in [6, 6.07) is 17.8. The molecule has 1 unspecified atom stereocenters. The van der Waals surface area contributed by atoms with Crippen LogP contribution in [0.25, 0.3) is 21.9 Å². The van der Waals surface area contributed by atoms with E-state index in [9.17, 15) is 27.9 Å². The number of carboxylic acid groups (broad SMARTS) is 1. The molecule has 0 aliphatic carbocycles. The van der Waals surface area contributed by atoms with E-state index in [4.69, 9.17) is 0 Å². The summed E-state index contributed by atoms with van der Waals surface area (Å²) < 4.78 is 45.0. The molecule has 0 saturated heterocycles. The van der Waals surface area contributed by atoms with Crippen LogP contribution in [-0.4, -0.2) is 33.0 Å². The van der Waals surface area contributed by atoms with E-state index in [-0.39, 0.29) is 18.0 Å². The Kier molecular flexibility index (Phi) is 8.53. The van der Waals surface area contributed by atoms with Crippen molar-refractivity contribution >= 4 is 28.7 Å². The third-order valence-electron chi connectivity index (χ3n) is 7.58. The summed E-state index contributed by atoms with van der Waals surface area (Å²) in [4.78, 5) is 26.9. The van der Waals surface area contributed by atoms with Crippen LogP contribution in [0.5, 0.6) is 0 Å². The van der Waals surface area contributed by atoms with E-state index in [1.165, 1.54) is 22.6 Å². The van der Waals surface area contributed by atoms with Crippen LogP contribution < -0.4 is 5.56 Å². The predicted octanol–water partition coefficient (Wildman–Crippen LogP) is 7.84. The van der Waals surface area contributed by atoms with Gasteiger partial charge in [0.15, 0.2) is 0 Å². The van der Waals surface area contributed by atoms with Gasteiger partial charge in [-0.1, -0.05) is 75.4 Å². The van der Waals surface area contributed by atoms with Gasteiger partial charge in [-0.25, -0.2) is 9.10 Å². The Hall–Kier alpha value is -3.56. The number of nitrogens with zero attached hydrogens (tertiary/aromatic N) is 2. The van der Waals surface area contributed by atoms with Crippen molar-refractivity contribution < 1.29 is 23.1 Å². The molecule has 1 aliphatic heterocycles. The molecule has 1 N–H and O–H groups in total. The monoisotopic (exact) mass is 594 g/mol. The van der Waals surface area contributed by atoms with Gasteiger partial charge in [0.2, 0.25) is 0 Å². The first-order valence-electron chi connectivity index (χ1n) is 14.1. The van der Waals surface area contributed by atoms with Gasteiger partial charge in [0, 0.05) is 24.2 Å². The fraction of sp³-hybridized carbons (Fsp3) is 0.333. The Morgan fingerprint density at radius 1 is 1.05 bits per heavy atom. The van der Waals surface area contributed by atoms with Gasteiger partial charge < -0.3 is 5.11 Å². The van der Waals surface area contributed by atoms with Gasteiger partial charge >= 0.3 is 12.1 Å². The standard InChI is InChI=1S/C33H33F3N2O3S/c1-4-15-37-19-28(32(40)41)38-30(39)27(16-20(2)3)26(18-22-11-7-10-21-9-5-6-14-25(21)22)29(31(38)42-37)23-12-8-13-24(17-23)33(34,35)36/h5-14,17,20,28H,4,15-16,18-19H2,1-3H3,(H,40,41). The Morgan fingerprint density at radius 2 is 1.76 bits per heavy atom. The van der Waals surface area contributed by atoms with Gasteiger partial charge in [-0.3, -0.25) is 9.36 Å². The number of rotatable bonds is 8. The van der Waals surface area contributed by atoms with Crippen molar-refractivity contribution in [1.82, 2.24) is 8.87 Å². The van der Waals surface area contributed by atoms with Crippen molar-refractivity contribution in [2.75, 3.05) is 13.1 Å². The molecule has 1 atom stereocenters. The smallest absolute Gasteiger partial charge is 0.416 e. The molecule has 220 valence electrons. The topological polar surface area (TPSA) is 62.5 Å². The first kappa shape index (κ1) is 29.9. The van der Waals surface area contributed by atoms with Crippen LogP contribution in [0.3, 0.4) is 0 Å². The molecule has 5 nitrogen and oxygen atoms in total. The summed E-state index contributed by atoms with van der Waals surface area (Å²) in [5, 5.41) is 12.6. The highest BCUT2D eigenvalue weighted by Crippen LogP contribution is 2.44. The quantitative estimate of drug-likeness (QED) is 0.211.